The van der Waals surface area contributed by atoms with Crippen LogP contribution < -0.4 is 10.2 Å². The molecule has 108 valence electrons. The van der Waals surface area contributed by atoms with E-state index in [1.54, 1.807) is 0 Å². The second-order valence-corrected chi connectivity index (χ2v) is 5.10. The summed E-state index contributed by atoms with van der Waals surface area (Å²) in [5.41, 5.74) is -1.38. The highest BCUT2D eigenvalue weighted by Crippen LogP contribution is 2.30. The second-order valence-electron chi connectivity index (χ2n) is 5.10. The maximum Gasteiger partial charge on any atom is 0.406 e. The summed E-state index contributed by atoms with van der Waals surface area (Å²) in [7, 11) is 0. The van der Waals surface area contributed by atoms with Crippen molar-refractivity contribution in [3.63, 3.8) is 0 Å². The average Bonchev–Trinajstić information content (AvgIpc) is 2.38. The second kappa shape index (κ2) is 4.50. The molecule has 1 aromatic rings. The van der Waals surface area contributed by atoms with Gasteiger partial charge < -0.3 is 10.2 Å². The van der Waals surface area contributed by atoms with E-state index in [2.05, 4.69) is 5.32 Å². The number of carbonyl (C=O) groups excluding carboxylic acids is 2. The molecule has 20 heavy (non-hydrogen) atoms. The lowest BCUT2D eigenvalue weighted by molar-refractivity contribution is -0.135. The van der Waals surface area contributed by atoms with Gasteiger partial charge in [-0.25, -0.2) is 0 Å². The zero-order valence-corrected chi connectivity index (χ0v) is 10.9. The van der Waals surface area contributed by atoms with Gasteiger partial charge in [0.2, 0.25) is 0 Å². The van der Waals surface area contributed by atoms with Crippen molar-refractivity contribution in [3.8, 4) is 0 Å². The highest BCUT2D eigenvalue weighted by Gasteiger charge is 2.43. The van der Waals surface area contributed by atoms with Gasteiger partial charge in [-0.1, -0.05) is 12.1 Å². The Kier molecular flexibility index (Phi) is 3.23. The van der Waals surface area contributed by atoms with Crippen LogP contribution in [0.2, 0.25) is 0 Å². The molecular weight excluding hydrogens is 273 g/mol. The van der Waals surface area contributed by atoms with Crippen molar-refractivity contribution < 1.29 is 22.8 Å². The van der Waals surface area contributed by atoms with Crippen LogP contribution in [0.25, 0.3) is 0 Å². The van der Waals surface area contributed by atoms with Gasteiger partial charge in [0.25, 0.3) is 11.8 Å². The van der Waals surface area contributed by atoms with Crippen molar-refractivity contribution in [2.24, 2.45) is 0 Å². The molecule has 1 heterocycles. The van der Waals surface area contributed by atoms with E-state index in [1.165, 1.54) is 38.1 Å². The van der Waals surface area contributed by atoms with Gasteiger partial charge in [-0.3, -0.25) is 9.59 Å². The Morgan fingerprint density at radius 3 is 2.40 bits per heavy atom. The van der Waals surface area contributed by atoms with Crippen LogP contribution in [0.15, 0.2) is 24.3 Å². The van der Waals surface area contributed by atoms with Gasteiger partial charge in [0, 0.05) is 0 Å². The van der Waals surface area contributed by atoms with Gasteiger partial charge in [0.15, 0.2) is 0 Å². The summed E-state index contributed by atoms with van der Waals surface area (Å²) in [6.45, 7) is 1.33. The first-order chi connectivity index (χ1) is 9.12. The fourth-order valence-corrected chi connectivity index (χ4v) is 2.09. The molecule has 0 unspecified atom stereocenters. The third kappa shape index (κ3) is 2.61. The molecule has 1 aliphatic heterocycles. The molecule has 2 amide bonds. The Morgan fingerprint density at radius 2 is 1.80 bits per heavy atom. The van der Waals surface area contributed by atoms with Gasteiger partial charge in [-0.05, 0) is 26.0 Å². The first-order valence-electron chi connectivity index (χ1n) is 5.92. The van der Waals surface area contributed by atoms with Crippen LogP contribution >= 0.6 is 0 Å². The number of para-hydroxylation sites is 1. The number of nitrogens with zero attached hydrogens (tertiary/aromatic N) is 1. The molecule has 1 aliphatic rings. The van der Waals surface area contributed by atoms with Crippen molar-refractivity contribution in [2.75, 3.05) is 11.4 Å². The molecule has 0 radical (unpaired) electrons. The third-order valence-electron chi connectivity index (χ3n) is 2.98. The number of halogens is 3. The van der Waals surface area contributed by atoms with Gasteiger partial charge >= 0.3 is 6.18 Å². The molecule has 0 aromatic heterocycles. The van der Waals surface area contributed by atoms with E-state index in [9.17, 15) is 22.8 Å². The number of alkyl halides is 3. The van der Waals surface area contributed by atoms with Crippen molar-refractivity contribution in [3.05, 3.63) is 29.8 Å². The van der Waals surface area contributed by atoms with E-state index >= 15 is 0 Å². The zero-order valence-electron chi connectivity index (χ0n) is 10.9. The molecule has 0 fully saturated rings. The monoisotopic (exact) mass is 286 g/mol. The maximum absolute atomic E-state index is 12.7. The number of amides is 2. The summed E-state index contributed by atoms with van der Waals surface area (Å²) in [6.07, 6.45) is -4.55. The Labute approximate surface area is 113 Å². The van der Waals surface area contributed by atoms with Crippen LogP contribution in [0.4, 0.5) is 18.9 Å². The van der Waals surface area contributed by atoms with Gasteiger partial charge in [0.05, 0.1) is 11.3 Å². The van der Waals surface area contributed by atoms with Crippen LogP contribution in [-0.2, 0) is 4.79 Å². The molecule has 4 nitrogen and oxygen atoms in total. The van der Waals surface area contributed by atoms with E-state index in [0.29, 0.717) is 4.90 Å². The van der Waals surface area contributed by atoms with E-state index in [-0.39, 0.29) is 11.3 Å². The molecule has 2 rings (SSSR count). The molecule has 0 spiro atoms. The van der Waals surface area contributed by atoms with Crippen LogP contribution in [-0.4, -0.2) is 30.1 Å². The summed E-state index contributed by atoms with van der Waals surface area (Å²) < 4.78 is 38.1. The van der Waals surface area contributed by atoms with Crippen LogP contribution in [0, 0.1) is 0 Å². The highest BCUT2D eigenvalue weighted by molar-refractivity contribution is 6.12. The summed E-state index contributed by atoms with van der Waals surface area (Å²) >= 11 is 0. The Bertz CT molecular complexity index is 567. The number of hydrogen-bond acceptors (Lipinski definition) is 2. The van der Waals surface area contributed by atoms with Crippen LogP contribution in [0.5, 0.6) is 0 Å². The number of anilines is 1. The average molecular weight is 286 g/mol. The molecular formula is C13H13F3N2O2. The number of carbonyl (C=O) groups is 2. The van der Waals surface area contributed by atoms with E-state index in [0.717, 1.165) is 0 Å². The van der Waals surface area contributed by atoms with E-state index in [4.69, 9.17) is 0 Å². The normalized spacial score (nSPS) is 18.4. The predicted octanol–water partition coefficient (Wildman–Crippen LogP) is 2.10. The quantitative estimate of drug-likeness (QED) is 0.859. The zero-order chi connectivity index (χ0) is 15.1. The lowest BCUT2D eigenvalue weighted by Gasteiger charge is -2.29. The first kappa shape index (κ1) is 14.4. The lowest BCUT2D eigenvalue weighted by Crippen LogP contribution is -2.55. The van der Waals surface area contributed by atoms with Crippen LogP contribution in [0.3, 0.4) is 0 Å². The molecule has 7 heteroatoms. The van der Waals surface area contributed by atoms with Crippen LogP contribution in [0.1, 0.15) is 24.2 Å². The van der Waals surface area contributed by atoms with Crippen molar-refractivity contribution in [1.29, 1.82) is 0 Å². The minimum absolute atomic E-state index is 0.0297. The number of nitrogens with one attached hydrogen (secondary N) is 1. The van der Waals surface area contributed by atoms with Crippen molar-refractivity contribution in [1.82, 2.24) is 5.32 Å². The smallest absolute Gasteiger partial charge is 0.338 e. The van der Waals surface area contributed by atoms with Gasteiger partial charge in [-0.15, -0.1) is 0 Å². The maximum atomic E-state index is 12.7. The molecule has 0 aliphatic carbocycles. The number of hydrogen-bond donors (Lipinski definition) is 1. The van der Waals surface area contributed by atoms with Crippen molar-refractivity contribution >= 4 is 17.5 Å². The number of benzene rings is 1. The fourth-order valence-electron chi connectivity index (χ4n) is 2.09. The number of rotatable bonds is 1. The van der Waals surface area contributed by atoms with Gasteiger partial charge in [0.1, 0.15) is 12.1 Å². The standard InChI is InChI=1S/C13H13F3N2O2/c1-12(2)11(20)18(7-13(14,15)16)9-6-4-3-5-8(9)10(19)17-12/h3-6H,7H2,1-2H3,(H,17,19). The predicted molar refractivity (Wildman–Crippen MR) is 66.4 cm³/mol. The fraction of sp³-hybridized carbons (Fsp3) is 0.385. The summed E-state index contributed by atoms with van der Waals surface area (Å²) in [5, 5.41) is 2.44. The lowest BCUT2D eigenvalue weighted by atomic mass is 10.0. The molecule has 1 N–H and O–H groups in total. The Hall–Kier alpha value is -2.05. The summed E-state index contributed by atoms with van der Waals surface area (Å²) in [6, 6.07) is 5.75. The molecule has 0 atom stereocenters. The molecule has 0 saturated carbocycles. The van der Waals surface area contributed by atoms with Gasteiger partial charge in [-0.2, -0.15) is 13.2 Å². The summed E-state index contributed by atoms with van der Waals surface area (Å²) in [4.78, 5) is 24.9. The van der Waals surface area contributed by atoms with E-state index < -0.39 is 30.1 Å². The SMILES string of the molecule is CC1(C)NC(=O)c2ccccc2N(CC(F)(F)F)C1=O. The summed E-state index contributed by atoms with van der Waals surface area (Å²) in [5.74, 6) is -1.36. The minimum atomic E-state index is -4.55. The third-order valence-corrected chi connectivity index (χ3v) is 2.98. The topological polar surface area (TPSA) is 49.4 Å². The molecule has 1 aromatic carbocycles. The van der Waals surface area contributed by atoms with Crippen molar-refractivity contribution in [2.45, 2.75) is 25.6 Å². The number of fused-ring (bicyclic) bond motifs is 1. The Morgan fingerprint density at radius 1 is 1.20 bits per heavy atom. The molecule has 0 saturated heterocycles. The first-order valence-corrected chi connectivity index (χ1v) is 5.92. The molecule has 0 bridgehead atoms. The minimum Gasteiger partial charge on any atom is -0.338 e. The van der Waals surface area contributed by atoms with E-state index in [1.807, 2.05) is 0 Å². The Balaban J connectivity index is 2.57. The highest BCUT2D eigenvalue weighted by atomic mass is 19.4. The largest absolute Gasteiger partial charge is 0.406 e.